The number of amides is 2. The highest BCUT2D eigenvalue weighted by molar-refractivity contribution is 14.1. The largest absolute Gasteiger partial charge is 0.481 e. The van der Waals surface area contributed by atoms with Crippen LogP contribution in [0.4, 0.5) is 14.9 Å². The summed E-state index contributed by atoms with van der Waals surface area (Å²) < 4.78 is 19.5. The number of carboxylic acid groups (broad SMARTS) is 1. The fourth-order valence-corrected chi connectivity index (χ4v) is 4.63. The van der Waals surface area contributed by atoms with Crippen LogP contribution in [0.3, 0.4) is 0 Å². The van der Waals surface area contributed by atoms with Crippen molar-refractivity contribution in [1.82, 2.24) is 5.32 Å². The molecule has 0 bridgehead atoms. The number of nitrogens with one attached hydrogen (secondary N) is 2. The predicted molar refractivity (Wildman–Crippen MR) is 137 cm³/mol. The molecule has 3 aromatic rings. The Labute approximate surface area is 214 Å². The lowest BCUT2D eigenvalue weighted by atomic mass is 9.98. The second-order valence-electron chi connectivity index (χ2n) is 8.05. The topological polar surface area (TPSA) is 105 Å². The molecule has 7 nitrogen and oxygen atoms in total. The molecule has 180 valence electrons. The summed E-state index contributed by atoms with van der Waals surface area (Å²) >= 11 is 1.76. The summed E-state index contributed by atoms with van der Waals surface area (Å²) in [6.45, 7) is 0.0505. The smallest absolute Gasteiger partial charge is 0.407 e. The monoisotopic (exact) mass is 588 g/mol. The van der Waals surface area contributed by atoms with E-state index in [0.717, 1.165) is 22.3 Å². The quantitative estimate of drug-likeness (QED) is 0.316. The van der Waals surface area contributed by atoms with E-state index in [1.165, 1.54) is 18.2 Å². The zero-order valence-electron chi connectivity index (χ0n) is 18.5. The number of carboxylic acids is 1. The molecular weight excluding hydrogens is 566 g/mol. The first-order chi connectivity index (χ1) is 16.8. The molecular formula is C26H22FIN2O5. The van der Waals surface area contributed by atoms with Gasteiger partial charge in [-0.1, -0.05) is 54.6 Å². The standard InChI is InChI=1S/C26H22FIN2O5/c27-20-10-5-11-21(24(20)28)29-25(33)22(12-13-23(31)32)30-26(34)35-14-19-17-8-3-1-6-15(17)16-7-2-4-9-18(16)19/h1-11,19,22H,12-14H2,(H,29,33)(H,30,34)(H,31,32). The fourth-order valence-electron chi connectivity index (χ4n) is 4.14. The van der Waals surface area contributed by atoms with Crippen molar-refractivity contribution in [3.05, 3.63) is 87.2 Å². The summed E-state index contributed by atoms with van der Waals surface area (Å²) in [6.07, 6.45) is -1.34. The van der Waals surface area contributed by atoms with E-state index in [1.807, 2.05) is 48.5 Å². The third-order valence-electron chi connectivity index (χ3n) is 5.81. The van der Waals surface area contributed by atoms with Crippen molar-refractivity contribution in [3.8, 4) is 11.1 Å². The number of fused-ring (bicyclic) bond motifs is 3. The number of aliphatic carboxylic acids is 1. The van der Waals surface area contributed by atoms with Gasteiger partial charge in [0.2, 0.25) is 5.91 Å². The Bertz CT molecular complexity index is 1240. The number of carbonyl (C=O) groups is 3. The zero-order valence-corrected chi connectivity index (χ0v) is 20.6. The Balaban J connectivity index is 1.44. The first kappa shape index (κ1) is 24.6. The van der Waals surface area contributed by atoms with Gasteiger partial charge in [0.1, 0.15) is 18.5 Å². The molecule has 0 saturated heterocycles. The van der Waals surface area contributed by atoms with Gasteiger partial charge in [0.15, 0.2) is 0 Å². The molecule has 1 unspecified atom stereocenters. The molecule has 0 saturated carbocycles. The Morgan fingerprint density at radius 3 is 2.23 bits per heavy atom. The van der Waals surface area contributed by atoms with Crippen LogP contribution in [0.2, 0.25) is 0 Å². The van der Waals surface area contributed by atoms with Gasteiger partial charge >= 0.3 is 12.1 Å². The predicted octanol–water partition coefficient (Wildman–Crippen LogP) is 5.14. The van der Waals surface area contributed by atoms with Gasteiger partial charge < -0.3 is 20.5 Å². The van der Waals surface area contributed by atoms with E-state index >= 15 is 0 Å². The maximum Gasteiger partial charge on any atom is 0.407 e. The van der Waals surface area contributed by atoms with Gasteiger partial charge in [-0.2, -0.15) is 0 Å². The lowest BCUT2D eigenvalue weighted by molar-refractivity contribution is -0.137. The molecule has 3 aromatic carbocycles. The van der Waals surface area contributed by atoms with E-state index in [4.69, 9.17) is 9.84 Å². The second-order valence-corrected chi connectivity index (χ2v) is 9.12. The van der Waals surface area contributed by atoms with Crippen LogP contribution in [0.5, 0.6) is 0 Å². The van der Waals surface area contributed by atoms with Crippen LogP contribution >= 0.6 is 22.6 Å². The minimum Gasteiger partial charge on any atom is -0.481 e. The molecule has 0 radical (unpaired) electrons. The average molecular weight is 588 g/mol. The van der Waals surface area contributed by atoms with Crippen LogP contribution in [0.15, 0.2) is 66.7 Å². The number of benzene rings is 3. The van der Waals surface area contributed by atoms with Crippen LogP contribution in [0.25, 0.3) is 11.1 Å². The van der Waals surface area contributed by atoms with Crippen molar-refractivity contribution >= 4 is 46.2 Å². The molecule has 0 fully saturated rings. The van der Waals surface area contributed by atoms with E-state index in [1.54, 1.807) is 22.6 Å². The summed E-state index contributed by atoms with van der Waals surface area (Å²) in [7, 11) is 0. The van der Waals surface area contributed by atoms with Crippen molar-refractivity contribution in [1.29, 1.82) is 0 Å². The van der Waals surface area contributed by atoms with Gasteiger partial charge in [0, 0.05) is 12.3 Å². The summed E-state index contributed by atoms with van der Waals surface area (Å²) in [5, 5.41) is 14.1. The average Bonchev–Trinajstić information content (AvgIpc) is 3.17. The van der Waals surface area contributed by atoms with Gasteiger partial charge in [0.25, 0.3) is 0 Å². The molecule has 2 amide bonds. The summed E-state index contributed by atoms with van der Waals surface area (Å²) in [6, 6.07) is 18.8. The molecule has 0 spiro atoms. The number of halogens is 2. The van der Waals surface area contributed by atoms with Gasteiger partial charge in [0.05, 0.1) is 9.26 Å². The molecule has 9 heteroatoms. The maximum absolute atomic E-state index is 13.8. The van der Waals surface area contributed by atoms with Gasteiger partial charge in [-0.15, -0.1) is 0 Å². The van der Waals surface area contributed by atoms with Crippen LogP contribution in [-0.2, 0) is 14.3 Å². The van der Waals surface area contributed by atoms with Gasteiger partial charge in [-0.3, -0.25) is 9.59 Å². The number of ether oxygens (including phenoxy) is 1. The number of hydrogen-bond donors (Lipinski definition) is 3. The van der Waals surface area contributed by atoms with Crippen LogP contribution in [0.1, 0.15) is 29.9 Å². The minimum absolute atomic E-state index is 0.0505. The van der Waals surface area contributed by atoms with E-state index in [9.17, 15) is 18.8 Å². The lowest BCUT2D eigenvalue weighted by Gasteiger charge is -2.20. The molecule has 1 atom stereocenters. The van der Waals surface area contributed by atoms with E-state index in [0.29, 0.717) is 0 Å². The molecule has 4 rings (SSSR count). The Kier molecular flexibility index (Phi) is 7.64. The molecule has 3 N–H and O–H groups in total. The molecule has 35 heavy (non-hydrogen) atoms. The third-order valence-corrected chi connectivity index (χ3v) is 6.90. The Hall–Kier alpha value is -3.47. The number of alkyl carbamates (subject to hydrolysis) is 1. The van der Waals surface area contributed by atoms with E-state index in [2.05, 4.69) is 10.6 Å². The molecule has 0 aromatic heterocycles. The Morgan fingerprint density at radius 1 is 0.971 bits per heavy atom. The van der Waals surface area contributed by atoms with Crippen LogP contribution < -0.4 is 10.6 Å². The highest BCUT2D eigenvalue weighted by atomic mass is 127. The van der Waals surface area contributed by atoms with Crippen molar-refractivity contribution in [2.45, 2.75) is 24.8 Å². The molecule has 0 heterocycles. The van der Waals surface area contributed by atoms with Crippen LogP contribution in [-0.4, -0.2) is 35.7 Å². The number of hydrogen-bond acceptors (Lipinski definition) is 4. The van der Waals surface area contributed by atoms with Crippen molar-refractivity contribution < 1.29 is 28.6 Å². The number of carbonyl (C=O) groups excluding carboxylic acids is 2. The van der Waals surface area contributed by atoms with Crippen molar-refractivity contribution in [2.24, 2.45) is 0 Å². The van der Waals surface area contributed by atoms with Gasteiger partial charge in [-0.25, -0.2) is 9.18 Å². The summed E-state index contributed by atoms with van der Waals surface area (Å²) in [5.41, 5.74) is 4.48. The van der Waals surface area contributed by atoms with Crippen molar-refractivity contribution in [3.63, 3.8) is 0 Å². The van der Waals surface area contributed by atoms with Crippen molar-refractivity contribution in [2.75, 3.05) is 11.9 Å². The molecule has 1 aliphatic rings. The lowest BCUT2D eigenvalue weighted by Crippen LogP contribution is -2.44. The molecule has 1 aliphatic carbocycles. The number of rotatable bonds is 8. The second kappa shape index (κ2) is 10.9. The highest BCUT2D eigenvalue weighted by Crippen LogP contribution is 2.44. The third kappa shape index (κ3) is 5.61. The first-order valence-electron chi connectivity index (χ1n) is 10.9. The first-order valence-corrected chi connectivity index (χ1v) is 12.0. The number of anilines is 1. The van der Waals surface area contributed by atoms with E-state index in [-0.39, 0.29) is 34.6 Å². The fraction of sp³-hybridized carbons (Fsp3) is 0.192. The van der Waals surface area contributed by atoms with E-state index < -0.39 is 29.8 Å². The highest BCUT2D eigenvalue weighted by Gasteiger charge is 2.30. The molecule has 0 aliphatic heterocycles. The van der Waals surface area contributed by atoms with Crippen LogP contribution in [0, 0.1) is 9.39 Å². The maximum atomic E-state index is 13.8. The normalized spacial score (nSPS) is 12.9. The summed E-state index contributed by atoms with van der Waals surface area (Å²) in [5.74, 6) is -2.44. The SMILES string of the molecule is O=C(O)CCC(NC(=O)OCC1c2ccccc2-c2ccccc21)C(=O)Nc1cccc(F)c1I. The Morgan fingerprint density at radius 2 is 1.60 bits per heavy atom. The summed E-state index contributed by atoms with van der Waals surface area (Å²) in [4.78, 5) is 36.5. The van der Waals surface area contributed by atoms with Gasteiger partial charge in [-0.05, 0) is 63.4 Å². The zero-order chi connectivity index (χ0) is 24.9. The minimum atomic E-state index is -1.18.